The fourth-order valence-electron chi connectivity index (χ4n) is 1.90. The number of esters is 1. The zero-order valence-electron chi connectivity index (χ0n) is 12.4. The van der Waals surface area contributed by atoms with Crippen LogP contribution in [0.1, 0.15) is 20.8 Å². The van der Waals surface area contributed by atoms with Crippen LogP contribution in [0.3, 0.4) is 0 Å². The van der Waals surface area contributed by atoms with Crippen LogP contribution in [0.2, 0.25) is 0 Å². The summed E-state index contributed by atoms with van der Waals surface area (Å²) < 4.78 is 27.8. The van der Waals surface area contributed by atoms with Gasteiger partial charge >= 0.3 is 5.97 Å². The summed E-state index contributed by atoms with van der Waals surface area (Å²) in [5.41, 5.74) is -0.711. The van der Waals surface area contributed by atoms with E-state index in [4.69, 9.17) is 4.74 Å². The van der Waals surface area contributed by atoms with Gasteiger partial charge in [-0.05, 0) is 24.3 Å². The van der Waals surface area contributed by atoms with Crippen molar-refractivity contribution in [2.24, 2.45) is 0 Å². The van der Waals surface area contributed by atoms with E-state index in [0.29, 0.717) is 0 Å². The molecule has 0 unspecified atom stereocenters. The van der Waals surface area contributed by atoms with E-state index in [-0.39, 0.29) is 11.3 Å². The SMILES string of the molecule is CS(=O)(=O)c1ccc(C(=O)OCC(=O)c2ccc[nH]2)cc1[N+](=O)[O-]. The van der Waals surface area contributed by atoms with E-state index < -0.39 is 43.7 Å². The number of nitro benzene ring substituents is 1. The summed E-state index contributed by atoms with van der Waals surface area (Å²) >= 11 is 0. The Morgan fingerprint density at radius 2 is 2.00 bits per heavy atom. The molecule has 9 nitrogen and oxygen atoms in total. The molecular formula is C14H12N2O7S. The van der Waals surface area contributed by atoms with Gasteiger partial charge in [0, 0.05) is 18.5 Å². The van der Waals surface area contributed by atoms with Crippen molar-refractivity contribution in [3.8, 4) is 0 Å². The van der Waals surface area contributed by atoms with Gasteiger partial charge in [0.2, 0.25) is 5.78 Å². The maximum atomic E-state index is 11.9. The third kappa shape index (κ3) is 3.84. The molecule has 0 radical (unpaired) electrons. The highest BCUT2D eigenvalue weighted by atomic mass is 32.2. The highest BCUT2D eigenvalue weighted by Crippen LogP contribution is 2.25. The Balaban J connectivity index is 2.19. The van der Waals surface area contributed by atoms with Gasteiger partial charge < -0.3 is 9.72 Å². The first kappa shape index (κ1) is 17.3. The van der Waals surface area contributed by atoms with Crippen molar-refractivity contribution in [2.75, 3.05) is 12.9 Å². The van der Waals surface area contributed by atoms with Gasteiger partial charge in [0.1, 0.15) is 4.90 Å². The van der Waals surface area contributed by atoms with Crippen molar-refractivity contribution in [1.82, 2.24) is 4.98 Å². The lowest BCUT2D eigenvalue weighted by Gasteiger charge is -2.05. The van der Waals surface area contributed by atoms with Crippen LogP contribution in [0.4, 0.5) is 5.69 Å². The minimum Gasteiger partial charge on any atom is -0.454 e. The molecule has 0 bridgehead atoms. The van der Waals surface area contributed by atoms with E-state index in [1.54, 1.807) is 6.07 Å². The number of ketones is 1. The first-order valence-electron chi connectivity index (χ1n) is 6.52. The summed E-state index contributed by atoms with van der Waals surface area (Å²) in [5, 5.41) is 11.0. The number of ether oxygens (including phenoxy) is 1. The molecule has 0 saturated carbocycles. The molecule has 0 saturated heterocycles. The fourth-order valence-corrected chi connectivity index (χ4v) is 2.73. The minimum absolute atomic E-state index is 0.228. The second kappa shape index (κ2) is 6.62. The number of aromatic amines is 1. The van der Waals surface area contributed by atoms with Gasteiger partial charge in [0.05, 0.1) is 16.2 Å². The molecule has 0 atom stereocenters. The topological polar surface area (TPSA) is 136 Å². The zero-order chi connectivity index (χ0) is 17.9. The Morgan fingerprint density at radius 1 is 1.29 bits per heavy atom. The number of H-pyrrole nitrogens is 1. The second-order valence-electron chi connectivity index (χ2n) is 4.79. The molecule has 2 rings (SSSR count). The van der Waals surface area contributed by atoms with Gasteiger partial charge in [-0.2, -0.15) is 0 Å². The van der Waals surface area contributed by atoms with Gasteiger partial charge in [-0.1, -0.05) is 0 Å². The lowest BCUT2D eigenvalue weighted by Crippen LogP contribution is -2.15. The van der Waals surface area contributed by atoms with Crippen molar-refractivity contribution < 1.29 is 27.7 Å². The number of sulfone groups is 1. The molecule has 126 valence electrons. The number of rotatable bonds is 6. The van der Waals surface area contributed by atoms with Crippen LogP contribution in [-0.4, -0.2) is 42.9 Å². The number of carbonyl (C=O) groups is 2. The molecule has 0 aliphatic carbocycles. The summed E-state index contributed by atoms with van der Waals surface area (Å²) in [6.45, 7) is -0.555. The number of benzene rings is 1. The van der Waals surface area contributed by atoms with Gasteiger partial charge in [-0.25, -0.2) is 13.2 Å². The van der Waals surface area contributed by atoms with Crippen LogP contribution in [0.15, 0.2) is 41.4 Å². The first-order chi connectivity index (χ1) is 11.2. The monoisotopic (exact) mass is 352 g/mol. The molecular weight excluding hydrogens is 340 g/mol. The quantitative estimate of drug-likeness (QED) is 0.359. The third-order valence-electron chi connectivity index (χ3n) is 3.02. The summed E-state index contributed by atoms with van der Waals surface area (Å²) in [6, 6.07) is 5.95. The molecule has 0 aliphatic heterocycles. The van der Waals surface area contributed by atoms with Crippen LogP contribution in [0.5, 0.6) is 0 Å². The van der Waals surface area contributed by atoms with Crippen molar-refractivity contribution in [2.45, 2.75) is 4.90 Å². The Kier molecular flexibility index (Phi) is 4.79. The molecule has 1 N–H and O–H groups in total. The average Bonchev–Trinajstić information content (AvgIpc) is 3.05. The zero-order valence-corrected chi connectivity index (χ0v) is 13.2. The number of Topliss-reactive ketones (excluding diaryl/α,β-unsaturated/α-hetero) is 1. The average molecular weight is 352 g/mol. The number of hydrogen-bond acceptors (Lipinski definition) is 7. The first-order valence-corrected chi connectivity index (χ1v) is 8.41. The predicted octanol–water partition coefficient (Wildman–Crippen LogP) is 1.37. The van der Waals surface area contributed by atoms with Gasteiger partial charge in [-0.3, -0.25) is 14.9 Å². The lowest BCUT2D eigenvalue weighted by molar-refractivity contribution is -0.387. The molecule has 1 aromatic carbocycles. The van der Waals surface area contributed by atoms with E-state index in [9.17, 15) is 28.1 Å². The summed E-state index contributed by atoms with van der Waals surface area (Å²) in [5.74, 6) is -1.45. The smallest absolute Gasteiger partial charge is 0.338 e. The Bertz CT molecular complexity index is 901. The van der Waals surface area contributed by atoms with E-state index >= 15 is 0 Å². The van der Waals surface area contributed by atoms with Crippen LogP contribution in [0.25, 0.3) is 0 Å². The van der Waals surface area contributed by atoms with Crippen molar-refractivity contribution in [3.05, 3.63) is 57.9 Å². The Morgan fingerprint density at radius 3 is 2.54 bits per heavy atom. The maximum Gasteiger partial charge on any atom is 0.338 e. The standard InChI is InChI=1S/C14H12N2O7S/c1-24(21,22)13-5-4-9(7-11(13)16(19)20)14(18)23-8-12(17)10-3-2-6-15-10/h2-7,15H,8H2,1H3. The predicted molar refractivity (Wildman–Crippen MR) is 81.6 cm³/mol. The summed E-state index contributed by atoms with van der Waals surface area (Å²) in [4.78, 5) is 35.8. The molecule has 24 heavy (non-hydrogen) atoms. The summed E-state index contributed by atoms with van der Waals surface area (Å²) in [6.07, 6.45) is 2.35. The van der Waals surface area contributed by atoms with Crippen LogP contribution < -0.4 is 0 Å². The molecule has 1 aromatic heterocycles. The second-order valence-corrected chi connectivity index (χ2v) is 6.78. The number of hydrogen-bond donors (Lipinski definition) is 1. The minimum atomic E-state index is -3.83. The van der Waals surface area contributed by atoms with E-state index in [0.717, 1.165) is 24.5 Å². The molecule has 10 heteroatoms. The van der Waals surface area contributed by atoms with Gasteiger partial charge in [0.15, 0.2) is 16.4 Å². The normalized spacial score (nSPS) is 11.0. The van der Waals surface area contributed by atoms with E-state index in [2.05, 4.69) is 4.98 Å². The van der Waals surface area contributed by atoms with Crippen LogP contribution >= 0.6 is 0 Å². The number of nitrogens with one attached hydrogen (secondary N) is 1. The van der Waals surface area contributed by atoms with Crippen molar-refractivity contribution in [1.29, 1.82) is 0 Å². The Hall–Kier alpha value is -3.01. The number of aromatic nitrogens is 1. The molecule has 2 aromatic rings. The van der Waals surface area contributed by atoms with E-state index in [1.165, 1.54) is 12.3 Å². The van der Waals surface area contributed by atoms with E-state index in [1.807, 2.05) is 0 Å². The number of carbonyl (C=O) groups excluding carboxylic acids is 2. The number of nitro groups is 1. The van der Waals surface area contributed by atoms with Gasteiger partial charge in [-0.15, -0.1) is 0 Å². The third-order valence-corrected chi connectivity index (χ3v) is 4.17. The highest BCUT2D eigenvalue weighted by Gasteiger charge is 2.24. The lowest BCUT2D eigenvalue weighted by atomic mass is 10.2. The summed E-state index contributed by atoms with van der Waals surface area (Å²) in [7, 11) is -3.83. The van der Waals surface area contributed by atoms with Crippen LogP contribution in [-0.2, 0) is 14.6 Å². The Labute approximate surface area is 136 Å². The van der Waals surface area contributed by atoms with Crippen molar-refractivity contribution >= 4 is 27.3 Å². The maximum absolute atomic E-state index is 11.9. The molecule has 0 spiro atoms. The number of nitrogens with zero attached hydrogens (tertiary/aromatic N) is 1. The molecule has 1 heterocycles. The van der Waals surface area contributed by atoms with Crippen molar-refractivity contribution in [3.63, 3.8) is 0 Å². The fraction of sp³-hybridized carbons (Fsp3) is 0.143. The highest BCUT2D eigenvalue weighted by molar-refractivity contribution is 7.90. The molecule has 0 fully saturated rings. The molecule has 0 amide bonds. The van der Waals surface area contributed by atoms with Gasteiger partial charge in [0.25, 0.3) is 5.69 Å². The van der Waals surface area contributed by atoms with Crippen LogP contribution in [0, 0.1) is 10.1 Å². The molecule has 0 aliphatic rings. The largest absolute Gasteiger partial charge is 0.454 e.